The summed E-state index contributed by atoms with van der Waals surface area (Å²) in [5, 5.41) is 17.0. The number of allylic oxidation sites excluding steroid dienone is 1. The molecule has 0 unspecified atom stereocenters. The Morgan fingerprint density at radius 2 is 1.81 bits per heavy atom. The largest absolute Gasteiger partial charge is 0.456 e. The molecule has 3 aromatic rings. The molecule has 0 aliphatic heterocycles. The molecule has 0 aliphatic carbocycles. The van der Waals surface area contributed by atoms with Gasteiger partial charge in [-0.2, -0.15) is 18.4 Å². The number of hydrogen-bond acceptors (Lipinski definition) is 6. The summed E-state index contributed by atoms with van der Waals surface area (Å²) >= 11 is 5.60. The number of carbonyl (C=O) groups excluding carboxylic acids is 1. The van der Waals surface area contributed by atoms with Crippen molar-refractivity contribution < 1.29 is 22.7 Å². The quantitative estimate of drug-likeness (QED) is 0.311. The van der Waals surface area contributed by atoms with E-state index < -0.39 is 22.8 Å². The van der Waals surface area contributed by atoms with E-state index in [1.165, 1.54) is 24.4 Å². The van der Waals surface area contributed by atoms with Gasteiger partial charge >= 0.3 is 12.2 Å². The van der Waals surface area contributed by atoms with Crippen LogP contribution in [0.25, 0.3) is 5.57 Å². The number of aliphatic imine (C=N–C) groups is 1. The Bertz CT molecular complexity index is 1380. The smallest absolute Gasteiger partial charge is 0.417 e. The summed E-state index contributed by atoms with van der Waals surface area (Å²) in [5.41, 5.74) is 0.383. The number of hydrogen-bond donors (Lipinski definition) is 3. The van der Waals surface area contributed by atoms with Crippen molar-refractivity contribution in [2.45, 2.75) is 6.18 Å². The fourth-order valence-corrected chi connectivity index (χ4v) is 3.39. The van der Waals surface area contributed by atoms with Gasteiger partial charge in [0.15, 0.2) is 0 Å². The molecule has 190 valence electrons. The maximum atomic E-state index is 13.0. The molecule has 12 heteroatoms. The number of anilines is 2. The maximum Gasteiger partial charge on any atom is 0.417 e. The van der Waals surface area contributed by atoms with E-state index in [0.29, 0.717) is 22.7 Å². The first-order valence-corrected chi connectivity index (χ1v) is 11.0. The SMILES string of the molecule is CN=C/C(=C\NC)c1nccc(Oc2ccc(NC(=O)Nc3ccc(Cl)c(C(F)(F)F)c3)cc2)c1C#N. The molecule has 0 aliphatic rings. The number of benzene rings is 2. The maximum absolute atomic E-state index is 13.0. The highest BCUT2D eigenvalue weighted by Gasteiger charge is 2.33. The van der Waals surface area contributed by atoms with Gasteiger partial charge in [-0.15, -0.1) is 0 Å². The van der Waals surface area contributed by atoms with Gasteiger partial charge in [0.2, 0.25) is 0 Å². The van der Waals surface area contributed by atoms with Crippen LogP contribution in [0.1, 0.15) is 16.8 Å². The van der Waals surface area contributed by atoms with Crippen LogP contribution in [0.4, 0.5) is 29.3 Å². The summed E-state index contributed by atoms with van der Waals surface area (Å²) in [4.78, 5) is 20.5. The van der Waals surface area contributed by atoms with Crippen molar-refractivity contribution in [3.8, 4) is 17.6 Å². The summed E-state index contributed by atoms with van der Waals surface area (Å²) in [7, 11) is 3.31. The Labute approximate surface area is 215 Å². The lowest BCUT2D eigenvalue weighted by Crippen LogP contribution is -2.19. The number of rotatable bonds is 7. The van der Waals surface area contributed by atoms with Crippen LogP contribution in [-0.2, 0) is 6.18 Å². The van der Waals surface area contributed by atoms with Crippen LogP contribution < -0.4 is 20.7 Å². The molecule has 37 heavy (non-hydrogen) atoms. The van der Waals surface area contributed by atoms with E-state index in [-0.39, 0.29) is 17.0 Å². The molecular formula is C25H20ClF3N6O2. The van der Waals surface area contributed by atoms with Gasteiger partial charge in [0.05, 0.1) is 16.3 Å². The second kappa shape index (κ2) is 11.9. The highest BCUT2D eigenvalue weighted by atomic mass is 35.5. The van der Waals surface area contributed by atoms with E-state index in [1.54, 1.807) is 44.7 Å². The predicted molar refractivity (Wildman–Crippen MR) is 136 cm³/mol. The molecule has 1 aromatic heterocycles. The Morgan fingerprint density at radius 3 is 2.43 bits per heavy atom. The third-order valence-electron chi connectivity index (χ3n) is 4.74. The van der Waals surface area contributed by atoms with Gasteiger partial charge in [0.25, 0.3) is 0 Å². The number of aromatic nitrogens is 1. The summed E-state index contributed by atoms with van der Waals surface area (Å²) in [6.45, 7) is 0. The number of amides is 2. The first-order chi connectivity index (χ1) is 17.7. The van der Waals surface area contributed by atoms with E-state index in [1.807, 2.05) is 0 Å². The number of urea groups is 1. The number of alkyl halides is 3. The highest BCUT2D eigenvalue weighted by Crippen LogP contribution is 2.36. The number of nitrogens with zero attached hydrogens (tertiary/aromatic N) is 3. The zero-order chi connectivity index (χ0) is 27.0. The van der Waals surface area contributed by atoms with Crippen LogP contribution in [0, 0.1) is 11.3 Å². The first kappa shape index (κ1) is 27.0. The molecule has 1 heterocycles. The Hall–Kier alpha value is -4.56. The molecule has 0 fully saturated rings. The average Bonchev–Trinajstić information content (AvgIpc) is 2.85. The number of nitriles is 1. The normalized spacial score (nSPS) is 11.6. The Morgan fingerprint density at radius 1 is 1.14 bits per heavy atom. The van der Waals surface area contributed by atoms with Gasteiger partial charge in [-0.3, -0.25) is 9.98 Å². The first-order valence-electron chi connectivity index (χ1n) is 10.6. The van der Waals surface area contributed by atoms with Crippen LogP contribution in [0.5, 0.6) is 11.5 Å². The summed E-state index contributed by atoms with van der Waals surface area (Å²) in [5.74, 6) is 0.635. The van der Waals surface area contributed by atoms with Crippen molar-refractivity contribution >= 4 is 40.8 Å². The third kappa shape index (κ3) is 6.99. The van der Waals surface area contributed by atoms with Gasteiger partial charge in [0, 0.05) is 55.7 Å². The number of pyridine rings is 1. The molecule has 0 bridgehead atoms. The van der Waals surface area contributed by atoms with Crippen molar-refractivity contribution in [3.63, 3.8) is 0 Å². The molecule has 0 radical (unpaired) electrons. The van der Waals surface area contributed by atoms with Crippen molar-refractivity contribution in [2.24, 2.45) is 4.99 Å². The molecule has 2 aromatic carbocycles. The number of nitrogens with one attached hydrogen (secondary N) is 3. The van der Waals surface area contributed by atoms with Crippen LogP contribution in [0.15, 0.2) is 65.9 Å². The fourth-order valence-electron chi connectivity index (χ4n) is 3.16. The zero-order valence-corrected chi connectivity index (χ0v) is 20.3. The standard InChI is InChI=1S/C25H20ClF3N6O2/c1-31-13-15(14-32-2)23-19(12-30)22(9-10-33-23)37-18-6-3-16(4-7-18)34-24(36)35-17-5-8-21(26)20(11-17)25(27,28)29/h3-11,13-14,31H,1-2H3,(H2,34,35,36)/b15-13+,32-14?. The number of ether oxygens (including phenoxy) is 1. The van der Waals surface area contributed by atoms with E-state index in [0.717, 1.165) is 12.1 Å². The van der Waals surface area contributed by atoms with Gasteiger partial charge in [-0.05, 0) is 42.5 Å². The average molecular weight is 529 g/mol. The lowest BCUT2D eigenvalue weighted by atomic mass is 10.1. The van der Waals surface area contributed by atoms with Crippen LogP contribution in [0.3, 0.4) is 0 Å². The number of carbonyl (C=O) groups is 1. The monoisotopic (exact) mass is 528 g/mol. The molecule has 8 nitrogen and oxygen atoms in total. The third-order valence-corrected chi connectivity index (χ3v) is 5.07. The van der Waals surface area contributed by atoms with Crippen LogP contribution >= 0.6 is 11.6 Å². The molecule has 3 N–H and O–H groups in total. The van der Waals surface area contributed by atoms with E-state index in [2.05, 4.69) is 32.0 Å². The van der Waals surface area contributed by atoms with Crippen molar-refractivity contribution in [3.05, 3.63) is 82.8 Å². The Kier molecular flexibility index (Phi) is 8.71. The van der Waals surface area contributed by atoms with Crippen LogP contribution in [-0.4, -0.2) is 31.3 Å². The van der Waals surface area contributed by atoms with Crippen molar-refractivity contribution in [1.29, 1.82) is 5.26 Å². The molecule has 0 saturated heterocycles. The minimum absolute atomic E-state index is 0.0773. The Balaban J connectivity index is 1.72. The van der Waals surface area contributed by atoms with Gasteiger partial charge < -0.3 is 20.7 Å². The van der Waals surface area contributed by atoms with Gasteiger partial charge in [-0.25, -0.2) is 4.79 Å². The molecule has 0 saturated carbocycles. The fraction of sp³-hybridized carbons (Fsp3) is 0.120. The van der Waals surface area contributed by atoms with Crippen molar-refractivity contribution in [1.82, 2.24) is 10.3 Å². The topological polar surface area (TPSA) is 111 Å². The summed E-state index contributed by atoms with van der Waals surface area (Å²) in [6.07, 6.45) is 0.0541. The lowest BCUT2D eigenvalue weighted by Gasteiger charge is -2.13. The molecule has 0 atom stereocenters. The van der Waals surface area contributed by atoms with Gasteiger partial charge in [-0.1, -0.05) is 11.6 Å². The van der Waals surface area contributed by atoms with Gasteiger partial charge in [0.1, 0.15) is 23.1 Å². The molecule has 0 spiro atoms. The minimum Gasteiger partial charge on any atom is -0.456 e. The van der Waals surface area contributed by atoms with E-state index >= 15 is 0 Å². The molecule has 3 rings (SSSR count). The zero-order valence-electron chi connectivity index (χ0n) is 19.5. The molecule has 2 amide bonds. The second-order valence-corrected chi connectivity index (χ2v) is 7.73. The summed E-state index contributed by atoms with van der Waals surface area (Å²) < 4.78 is 44.9. The predicted octanol–water partition coefficient (Wildman–Crippen LogP) is 6.32. The van der Waals surface area contributed by atoms with Crippen molar-refractivity contribution in [2.75, 3.05) is 24.7 Å². The van der Waals surface area contributed by atoms with E-state index in [4.69, 9.17) is 16.3 Å². The number of halogens is 4. The second-order valence-electron chi connectivity index (χ2n) is 7.32. The van der Waals surface area contributed by atoms with Crippen LogP contribution in [0.2, 0.25) is 5.02 Å². The van der Waals surface area contributed by atoms with E-state index in [9.17, 15) is 23.2 Å². The summed E-state index contributed by atoms with van der Waals surface area (Å²) in [6, 6.07) is 12.1. The minimum atomic E-state index is -4.66. The lowest BCUT2D eigenvalue weighted by molar-refractivity contribution is -0.137. The molecular weight excluding hydrogens is 509 g/mol. The highest BCUT2D eigenvalue weighted by molar-refractivity contribution is 6.31.